The molecule has 1 aromatic carbocycles. The van der Waals surface area contributed by atoms with Gasteiger partial charge in [-0.3, -0.25) is 14.2 Å². The number of anilines is 1. The van der Waals surface area contributed by atoms with E-state index in [1.54, 1.807) is 15.4 Å². The molecule has 1 aliphatic heterocycles. The van der Waals surface area contributed by atoms with Gasteiger partial charge in [0.2, 0.25) is 0 Å². The van der Waals surface area contributed by atoms with Crippen molar-refractivity contribution in [2.24, 2.45) is 19.2 Å². The van der Waals surface area contributed by atoms with Crippen molar-refractivity contribution in [3.05, 3.63) is 71.3 Å². The molecule has 3 aromatic rings. The van der Waals surface area contributed by atoms with Gasteiger partial charge in [-0.2, -0.15) is 20.3 Å². The summed E-state index contributed by atoms with van der Waals surface area (Å²) in [6, 6.07) is 13.2. The van der Waals surface area contributed by atoms with Gasteiger partial charge in [0, 0.05) is 20.3 Å². The third kappa shape index (κ3) is 2.73. The zero-order chi connectivity index (χ0) is 18.3. The van der Waals surface area contributed by atoms with Crippen LogP contribution in [0.1, 0.15) is 17.1 Å². The summed E-state index contributed by atoms with van der Waals surface area (Å²) in [6.45, 7) is 1.91. The maximum atomic E-state index is 13.1. The van der Waals surface area contributed by atoms with Gasteiger partial charge in [0.15, 0.2) is 0 Å². The van der Waals surface area contributed by atoms with E-state index in [9.17, 15) is 4.79 Å². The van der Waals surface area contributed by atoms with Crippen LogP contribution in [-0.4, -0.2) is 31.2 Å². The highest BCUT2D eigenvalue weighted by Crippen LogP contribution is 2.27. The maximum absolute atomic E-state index is 13.1. The van der Waals surface area contributed by atoms with E-state index in [0.717, 1.165) is 17.1 Å². The van der Waals surface area contributed by atoms with E-state index >= 15 is 0 Å². The Morgan fingerprint density at radius 3 is 2.42 bits per heavy atom. The molecule has 7 nitrogen and oxygen atoms in total. The van der Waals surface area contributed by atoms with Crippen molar-refractivity contribution in [3.8, 4) is 0 Å². The standard InChI is InChI=1S/C19H18N6O/c1-13-11-17(24(3)20-13)18-16(12-14-9-10-23(2)21-14)19(26)25(22-18)15-7-5-4-6-8-15/h4-12H,1-3H3. The first-order chi connectivity index (χ1) is 12.5. The van der Waals surface area contributed by atoms with Crippen molar-refractivity contribution in [2.75, 3.05) is 5.01 Å². The molecule has 0 radical (unpaired) electrons. The Kier molecular flexibility index (Phi) is 3.76. The van der Waals surface area contributed by atoms with Crippen LogP contribution in [0.2, 0.25) is 0 Å². The molecule has 2 aromatic heterocycles. The highest BCUT2D eigenvalue weighted by Gasteiger charge is 2.33. The van der Waals surface area contributed by atoms with Crippen LogP contribution in [0, 0.1) is 6.92 Å². The zero-order valence-electron chi connectivity index (χ0n) is 14.8. The number of hydrazone groups is 1. The third-order valence-electron chi connectivity index (χ3n) is 4.15. The molecule has 1 aliphatic rings. The van der Waals surface area contributed by atoms with Gasteiger partial charge >= 0.3 is 0 Å². The second-order valence-electron chi connectivity index (χ2n) is 6.17. The summed E-state index contributed by atoms with van der Waals surface area (Å²) in [5.41, 5.74) is 4.17. The van der Waals surface area contributed by atoms with Crippen molar-refractivity contribution in [1.82, 2.24) is 19.6 Å². The van der Waals surface area contributed by atoms with Crippen LogP contribution in [-0.2, 0) is 18.9 Å². The van der Waals surface area contributed by atoms with E-state index in [1.807, 2.05) is 69.7 Å². The fraction of sp³-hybridized carbons (Fsp3) is 0.158. The minimum absolute atomic E-state index is 0.185. The highest BCUT2D eigenvalue weighted by molar-refractivity contribution is 6.37. The second-order valence-corrected chi connectivity index (χ2v) is 6.17. The van der Waals surface area contributed by atoms with Crippen molar-refractivity contribution in [1.29, 1.82) is 0 Å². The van der Waals surface area contributed by atoms with Crippen molar-refractivity contribution < 1.29 is 4.79 Å². The number of nitrogens with zero attached hydrogens (tertiary/aromatic N) is 6. The van der Waals surface area contributed by atoms with Gasteiger partial charge < -0.3 is 0 Å². The Bertz CT molecular complexity index is 1040. The number of carbonyl (C=O) groups excluding carboxylic acids is 1. The van der Waals surface area contributed by atoms with Crippen molar-refractivity contribution in [3.63, 3.8) is 0 Å². The molecule has 0 aliphatic carbocycles. The summed E-state index contributed by atoms with van der Waals surface area (Å²) < 4.78 is 3.44. The lowest BCUT2D eigenvalue weighted by Gasteiger charge is -2.10. The van der Waals surface area contributed by atoms with Gasteiger partial charge in [-0.25, -0.2) is 0 Å². The van der Waals surface area contributed by atoms with Gasteiger partial charge in [0.25, 0.3) is 5.91 Å². The molecular formula is C19H18N6O. The largest absolute Gasteiger partial charge is 0.281 e. The van der Waals surface area contributed by atoms with E-state index < -0.39 is 0 Å². The number of para-hydroxylation sites is 1. The summed E-state index contributed by atoms with van der Waals surface area (Å²) in [5, 5.41) is 14.8. The first-order valence-electron chi connectivity index (χ1n) is 8.24. The van der Waals surface area contributed by atoms with Crippen LogP contribution >= 0.6 is 0 Å². The number of benzene rings is 1. The number of aromatic nitrogens is 4. The summed E-state index contributed by atoms with van der Waals surface area (Å²) >= 11 is 0. The molecule has 3 heterocycles. The molecule has 4 rings (SSSR count). The van der Waals surface area contributed by atoms with Gasteiger partial charge in [-0.05, 0) is 37.3 Å². The molecule has 0 saturated carbocycles. The lowest BCUT2D eigenvalue weighted by Crippen LogP contribution is -2.21. The lowest BCUT2D eigenvalue weighted by atomic mass is 10.1. The Labute approximate surface area is 150 Å². The van der Waals surface area contributed by atoms with E-state index in [2.05, 4.69) is 15.3 Å². The number of carbonyl (C=O) groups is 1. The van der Waals surface area contributed by atoms with Crippen molar-refractivity contribution in [2.45, 2.75) is 6.92 Å². The predicted octanol–water partition coefficient (Wildman–Crippen LogP) is 2.30. The van der Waals surface area contributed by atoms with E-state index in [1.165, 1.54) is 5.01 Å². The minimum atomic E-state index is -0.185. The first-order valence-corrected chi connectivity index (χ1v) is 8.24. The molecule has 0 unspecified atom stereocenters. The number of hydrogen-bond acceptors (Lipinski definition) is 4. The van der Waals surface area contributed by atoms with Crippen LogP contribution in [0.3, 0.4) is 0 Å². The molecular weight excluding hydrogens is 328 g/mol. The Morgan fingerprint density at radius 2 is 1.81 bits per heavy atom. The quantitative estimate of drug-likeness (QED) is 0.683. The smallest absolute Gasteiger partial charge is 0.275 e. The molecule has 7 heteroatoms. The van der Waals surface area contributed by atoms with Crippen LogP contribution in [0.4, 0.5) is 5.69 Å². The average Bonchev–Trinajstić information content (AvgIpc) is 3.28. The van der Waals surface area contributed by atoms with Crippen LogP contribution in [0.25, 0.3) is 6.08 Å². The Hall–Kier alpha value is -3.48. The molecule has 0 atom stereocenters. The molecule has 26 heavy (non-hydrogen) atoms. The van der Waals surface area contributed by atoms with Gasteiger partial charge in [0.05, 0.1) is 28.3 Å². The SMILES string of the molecule is Cc1cc(C2=NN(c3ccccc3)C(=O)C2=Cc2ccn(C)n2)n(C)n1. The molecule has 0 saturated heterocycles. The Morgan fingerprint density at radius 1 is 1.04 bits per heavy atom. The monoisotopic (exact) mass is 346 g/mol. The summed E-state index contributed by atoms with van der Waals surface area (Å²) in [6.07, 6.45) is 3.61. The zero-order valence-corrected chi connectivity index (χ0v) is 14.8. The normalized spacial score (nSPS) is 15.8. The van der Waals surface area contributed by atoms with Crippen LogP contribution in [0.15, 0.2) is 59.3 Å². The van der Waals surface area contributed by atoms with Crippen LogP contribution in [0.5, 0.6) is 0 Å². The Balaban J connectivity index is 1.86. The summed E-state index contributed by atoms with van der Waals surface area (Å²) in [5.74, 6) is -0.185. The number of aryl methyl sites for hydroxylation is 3. The molecule has 0 bridgehead atoms. The van der Waals surface area contributed by atoms with Gasteiger partial charge in [0.1, 0.15) is 5.71 Å². The second kappa shape index (κ2) is 6.11. The molecule has 0 spiro atoms. The van der Waals surface area contributed by atoms with E-state index in [4.69, 9.17) is 0 Å². The van der Waals surface area contributed by atoms with Crippen molar-refractivity contribution >= 4 is 23.4 Å². The van der Waals surface area contributed by atoms with Crippen LogP contribution < -0.4 is 5.01 Å². The fourth-order valence-electron chi connectivity index (χ4n) is 2.97. The number of hydrogen-bond donors (Lipinski definition) is 0. The molecule has 0 fully saturated rings. The fourth-order valence-corrected chi connectivity index (χ4v) is 2.97. The highest BCUT2D eigenvalue weighted by atomic mass is 16.2. The minimum Gasteiger partial charge on any atom is -0.275 e. The van der Waals surface area contributed by atoms with Gasteiger partial charge in [-0.15, -0.1) is 0 Å². The van der Waals surface area contributed by atoms with E-state index in [-0.39, 0.29) is 5.91 Å². The molecule has 1 amide bonds. The maximum Gasteiger partial charge on any atom is 0.281 e. The third-order valence-corrected chi connectivity index (χ3v) is 4.15. The summed E-state index contributed by atoms with van der Waals surface area (Å²) in [4.78, 5) is 13.1. The topological polar surface area (TPSA) is 68.3 Å². The molecule has 0 N–H and O–H groups in total. The molecule has 130 valence electrons. The van der Waals surface area contributed by atoms with E-state index in [0.29, 0.717) is 17.0 Å². The van der Waals surface area contributed by atoms with Gasteiger partial charge in [-0.1, -0.05) is 18.2 Å². The predicted molar refractivity (Wildman–Crippen MR) is 99.6 cm³/mol. The number of rotatable bonds is 3. The first kappa shape index (κ1) is 16.0. The number of amides is 1. The average molecular weight is 346 g/mol. The summed E-state index contributed by atoms with van der Waals surface area (Å²) in [7, 11) is 3.69. The lowest BCUT2D eigenvalue weighted by molar-refractivity contribution is -0.114.